The fourth-order valence-electron chi connectivity index (χ4n) is 1.87. The van der Waals surface area contributed by atoms with E-state index >= 15 is 0 Å². The summed E-state index contributed by atoms with van der Waals surface area (Å²) >= 11 is 0. The highest BCUT2D eigenvalue weighted by molar-refractivity contribution is 6.07. The Balaban J connectivity index is 1.95. The Morgan fingerprint density at radius 2 is 2.11 bits per heavy atom. The Morgan fingerprint density at radius 3 is 2.95 bits per heavy atom. The normalized spacial score (nSPS) is 10.5. The summed E-state index contributed by atoms with van der Waals surface area (Å²) in [7, 11) is 0. The molecule has 3 N–H and O–H groups in total. The lowest BCUT2D eigenvalue weighted by molar-refractivity contribution is 0.102. The summed E-state index contributed by atoms with van der Waals surface area (Å²) in [6, 6.07) is 8.63. The van der Waals surface area contributed by atoms with Crippen molar-refractivity contribution in [1.82, 2.24) is 15.0 Å². The number of carbonyl (C=O) groups excluding carboxylic acids is 1. The van der Waals surface area contributed by atoms with Crippen LogP contribution in [0.2, 0.25) is 0 Å². The van der Waals surface area contributed by atoms with Gasteiger partial charge in [0.05, 0.1) is 17.5 Å². The zero-order valence-corrected chi connectivity index (χ0v) is 9.81. The van der Waals surface area contributed by atoms with Gasteiger partial charge < -0.3 is 15.3 Å². The topological polar surface area (TPSA) is 90.6 Å². The van der Waals surface area contributed by atoms with E-state index in [1.165, 1.54) is 6.33 Å². The van der Waals surface area contributed by atoms with Crippen LogP contribution in [0.25, 0.3) is 10.9 Å². The second-order valence-corrected chi connectivity index (χ2v) is 4.00. The van der Waals surface area contributed by atoms with Crippen LogP contribution in [0.4, 0.5) is 5.69 Å². The number of hydrogen-bond acceptors (Lipinski definition) is 3. The fourth-order valence-corrected chi connectivity index (χ4v) is 1.87. The van der Waals surface area contributed by atoms with Gasteiger partial charge in [-0.15, -0.1) is 0 Å². The lowest BCUT2D eigenvalue weighted by Crippen LogP contribution is -2.17. The number of hydrogen-bond donors (Lipinski definition) is 3. The summed E-state index contributed by atoms with van der Waals surface area (Å²) < 4.78 is 0. The molecule has 0 saturated carbocycles. The van der Waals surface area contributed by atoms with Gasteiger partial charge in [0.1, 0.15) is 5.69 Å². The molecule has 0 bridgehead atoms. The van der Waals surface area contributed by atoms with Crippen molar-refractivity contribution in [2.45, 2.75) is 0 Å². The minimum Gasteiger partial charge on any atom is -0.359 e. The number of carbonyl (C=O) groups is 1. The first-order valence-electron chi connectivity index (χ1n) is 5.66. The van der Waals surface area contributed by atoms with Crippen LogP contribution in [0.15, 0.2) is 47.7 Å². The number of H-pyrrole nitrogens is 2. The van der Waals surface area contributed by atoms with Gasteiger partial charge in [-0.05, 0) is 12.1 Å². The smallest absolute Gasteiger partial charge is 0.274 e. The van der Waals surface area contributed by atoms with Crippen molar-refractivity contribution in [3.8, 4) is 0 Å². The number of anilines is 1. The van der Waals surface area contributed by atoms with Gasteiger partial charge in [-0.2, -0.15) is 0 Å². The van der Waals surface area contributed by atoms with Crippen LogP contribution in [0, 0.1) is 0 Å². The number of benzene rings is 1. The molecule has 0 saturated heterocycles. The maximum atomic E-state index is 12.0. The van der Waals surface area contributed by atoms with E-state index < -0.39 is 5.91 Å². The number of aromatic nitrogens is 3. The molecular formula is C13H10N4O2. The van der Waals surface area contributed by atoms with Crippen LogP contribution < -0.4 is 10.9 Å². The van der Waals surface area contributed by atoms with Gasteiger partial charge >= 0.3 is 0 Å². The first-order chi connectivity index (χ1) is 9.24. The van der Waals surface area contributed by atoms with Crippen LogP contribution >= 0.6 is 0 Å². The number of nitrogens with one attached hydrogen (secondary N) is 3. The third kappa shape index (κ3) is 2.11. The van der Waals surface area contributed by atoms with Crippen molar-refractivity contribution in [3.63, 3.8) is 0 Å². The molecule has 0 aliphatic heterocycles. The molecule has 0 aliphatic rings. The third-order valence-electron chi connectivity index (χ3n) is 2.75. The molecule has 94 valence electrons. The average Bonchev–Trinajstić information content (AvgIpc) is 2.88. The Labute approximate surface area is 107 Å². The first-order valence-corrected chi connectivity index (χ1v) is 5.66. The monoisotopic (exact) mass is 254 g/mol. The van der Waals surface area contributed by atoms with Crippen LogP contribution in [-0.4, -0.2) is 20.9 Å². The van der Waals surface area contributed by atoms with Gasteiger partial charge in [0.15, 0.2) is 0 Å². The molecule has 3 aromatic rings. The number of rotatable bonds is 2. The van der Waals surface area contributed by atoms with E-state index in [1.54, 1.807) is 12.3 Å². The molecule has 1 amide bonds. The first kappa shape index (κ1) is 11.2. The van der Waals surface area contributed by atoms with Crippen LogP contribution in [0.1, 0.15) is 10.5 Å². The SMILES string of the molecule is O=C(Nc1cccc2cc[nH]c12)c1cc(=O)[nH]cn1. The van der Waals surface area contributed by atoms with Gasteiger partial charge in [-0.25, -0.2) is 4.98 Å². The lowest BCUT2D eigenvalue weighted by atomic mass is 10.2. The number of nitrogens with zero attached hydrogens (tertiary/aromatic N) is 1. The third-order valence-corrected chi connectivity index (χ3v) is 2.75. The predicted molar refractivity (Wildman–Crippen MR) is 71.1 cm³/mol. The molecule has 0 spiro atoms. The summed E-state index contributed by atoms with van der Waals surface area (Å²) in [5.41, 5.74) is 1.20. The molecule has 2 heterocycles. The van der Waals surface area contributed by atoms with Gasteiger partial charge in [-0.3, -0.25) is 9.59 Å². The summed E-state index contributed by atoms with van der Waals surface area (Å²) in [5, 5.41) is 3.73. The summed E-state index contributed by atoms with van der Waals surface area (Å²) in [4.78, 5) is 32.4. The van der Waals surface area contributed by atoms with E-state index in [1.807, 2.05) is 18.2 Å². The standard InChI is InChI=1S/C13H10N4O2/c18-11-6-10(15-7-16-11)13(19)17-9-3-1-2-8-4-5-14-12(8)9/h1-7,14H,(H,17,19)(H,15,16,18). The molecule has 0 unspecified atom stereocenters. The summed E-state index contributed by atoms with van der Waals surface area (Å²) in [5.74, 6) is -0.423. The van der Waals surface area contributed by atoms with E-state index in [4.69, 9.17) is 0 Å². The Bertz CT molecular complexity index is 803. The zero-order valence-electron chi connectivity index (χ0n) is 9.81. The van der Waals surface area contributed by atoms with E-state index in [9.17, 15) is 9.59 Å². The second kappa shape index (κ2) is 4.41. The van der Waals surface area contributed by atoms with Crippen molar-refractivity contribution in [3.05, 3.63) is 58.9 Å². The van der Waals surface area contributed by atoms with E-state index in [0.717, 1.165) is 17.0 Å². The summed E-state index contributed by atoms with van der Waals surface area (Å²) in [6.07, 6.45) is 3.00. The van der Waals surface area contributed by atoms with Crippen LogP contribution in [-0.2, 0) is 0 Å². The Morgan fingerprint density at radius 1 is 1.21 bits per heavy atom. The molecule has 0 aliphatic carbocycles. The molecule has 6 heteroatoms. The number of aromatic amines is 2. The molecule has 0 radical (unpaired) electrons. The van der Waals surface area contributed by atoms with Crippen molar-refractivity contribution < 1.29 is 4.79 Å². The maximum absolute atomic E-state index is 12.0. The van der Waals surface area contributed by atoms with Crippen molar-refractivity contribution in [2.75, 3.05) is 5.32 Å². The molecule has 1 aromatic carbocycles. The fraction of sp³-hybridized carbons (Fsp3) is 0. The molecule has 6 nitrogen and oxygen atoms in total. The largest absolute Gasteiger partial charge is 0.359 e. The second-order valence-electron chi connectivity index (χ2n) is 4.00. The molecule has 3 rings (SSSR count). The van der Waals surface area contributed by atoms with Crippen LogP contribution in [0.5, 0.6) is 0 Å². The number of amides is 1. The zero-order chi connectivity index (χ0) is 13.2. The lowest BCUT2D eigenvalue weighted by Gasteiger charge is -2.05. The van der Waals surface area contributed by atoms with Gasteiger partial charge in [0.25, 0.3) is 11.5 Å². The molecular weight excluding hydrogens is 244 g/mol. The van der Waals surface area contributed by atoms with Crippen LogP contribution in [0.3, 0.4) is 0 Å². The quantitative estimate of drug-likeness (QED) is 0.647. The summed E-state index contributed by atoms with van der Waals surface area (Å²) in [6.45, 7) is 0. The van der Waals surface area contributed by atoms with Gasteiger partial charge in [0, 0.05) is 17.6 Å². The van der Waals surface area contributed by atoms with E-state index in [-0.39, 0.29) is 11.3 Å². The van der Waals surface area contributed by atoms with Crippen molar-refractivity contribution >= 4 is 22.5 Å². The molecule has 19 heavy (non-hydrogen) atoms. The van der Waals surface area contributed by atoms with Crippen molar-refractivity contribution in [1.29, 1.82) is 0 Å². The molecule has 2 aromatic heterocycles. The highest BCUT2D eigenvalue weighted by Crippen LogP contribution is 2.21. The maximum Gasteiger partial charge on any atom is 0.274 e. The Kier molecular flexibility index (Phi) is 2.60. The molecule has 0 fully saturated rings. The Hall–Kier alpha value is -2.89. The highest BCUT2D eigenvalue weighted by Gasteiger charge is 2.10. The molecule has 0 atom stereocenters. The predicted octanol–water partition coefficient (Wildman–Crippen LogP) is 1.50. The minimum absolute atomic E-state index is 0.0762. The van der Waals surface area contributed by atoms with Gasteiger partial charge in [0.2, 0.25) is 0 Å². The number of para-hydroxylation sites is 1. The highest BCUT2D eigenvalue weighted by atomic mass is 16.2. The average molecular weight is 254 g/mol. The van der Waals surface area contributed by atoms with E-state index in [2.05, 4.69) is 20.3 Å². The van der Waals surface area contributed by atoms with Gasteiger partial charge in [-0.1, -0.05) is 12.1 Å². The minimum atomic E-state index is -0.423. The number of fused-ring (bicyclic) bond motifs is 1. The van der Waals surface area contributed by atoms with Crippen molar-refractivity contribution in [2.24, 2.45) is 0 Å². The van der Waals surface area contributed by atoms with E-state index in [0.29, 0.717) is 5.69 Å².